The molecule has 0 spiro atoms. The van der Waals surface area contributed by atoms with Crippen molar-refractivity contribution >= 4 is 37.8 Å². The topological polar surface area (TPSA) is 158 Å². The van der Waals surface area contributed by atoms with Crippen molar-refractivity contribution in [1.29, 1.82) is 0 Å². The van der Waals surface area contributed by atoms with Crippen molar-refractivity contribution in [3.63, 3.8) is 0 Å². The quantitative estimate of drug-likeness (QED) is 0.386. The second-order valence-corrected chi connectivity index (χ2v) is 8.94. The fraction of sp³-hybridized carbons (Fsp3) is 0.222. The largest absolute Gasteiger partial charge is 0.399 e. The molecule has 0 radical (unpaired) electrons. The molecule has 0 saturated heterocycles. The van der Waals surface area contributed by atoms with E-state index in [2.05, 4.69) is 0 Å². The molecule has 0 aliphatic heterocycles. The number of carbonyl (C=O) groups excluding carboxylic acids is 1. The van der Waals surface area contributed by atoms with Crippen molar-refractivity contribution in [2.24, 2.45) is 0 Å². The van der Waals surface area contributed by atoms with Gasteiger partial charge in [-0.3, -0.25) is 13.9 Å². The number of nitrogens with two attached hydrogens (primary N) is 1. The van der Waals surface area contributed by atoms with Crippen LogP contribution >= 0.6 is 27.0 Å². The number of nitrogen functional groups attached to an aromatic ring is 1. The first-order valence-corrected chi connectivity index (χ1v) is 9.51. The summed E-state index contributed by atoms with van der Waals surface area (Å²) in [5, 5.41) is -0.702. The third-order valence-electron chi connectivity index (χ3n) is 2.16. The van der Waals surface area contributed by atoms with E-state index in [0.717, 1.165) is 0 Å². The van der Waals surface area contributed by atoms with E-state index in [4.69, 9.17) is 25.3 Å². The number of hydrogen-bond acceptors (Lipinski definition) is 5. The van der Waals surface area contributed by atoms with Gasteiger partial charge in [0.2, 0.25) is 5.12 Å². The molecular formula is C9H13NO7P2S. The molecule has 0 fully saturated rings. The lowest BCUT2D eigenvalue weighted by Crippen LogP contribution is -2.13. The number of benzene rings is 1. The summed E-state index contributed by atoms with van der Waals surface area (Å²) in [5.74, 6) is 0. The van der Waals surface area contributed by atoms with Crippen molar-refractivity contribution < 1.29 is 33.5 Å². The van der Waals surface area contributed by atoms with Crippen LogP contribution in [0.5, 0.6) is 0 Å². The number of thioether (sulfide) groups is 1. The molecule has 1 unspecified atom stereocenters. The normalized spacial score (nSPS) is 14.0. The summed E-state index contributed by atoms with van der Waals surface area (Å²) in [6.45, 7) is 0. The Morgan fingerprint density at radius 1 is 1.15 bits per heavy atom. The molecule has 0 heterocycles. The predicted octanol–water partition coefficient (Wildman–Crippen LogP) is 0.824. The van der Waals surface area contributed by atoms with Gasteiger partial charge in [0, 0.05) is 11.3 Å². The van der Waals surface area contributed by atoms with E-state index in [-0.39, 0.29) is 17.3 Å². The molecule has 0 aromatic heterocycles. The zero-order valence-electron chi connectivity index (χ0n) is 9.99. The van der Waals surface area contributed by atoms with E-state index in [1.165, 1.54) is 24.3 Å². The van der Waals surface area contributed by atoms with Gasteiger partial charge in [0.25, 0.3) is 0 Å². The Hall–Kier alpha value is -0.660. The standard InChI is InChI=1S/C9H13NO7P2S/c10-7-3-1-6(2-4-7)9(11)20-8(19(15,16)17)5-18(12,13)14/h1-4,8H,5,10H2,(H2,12,13,14)(H2,15,16,17). The van der Waals surface area contributed by atoms with E-state index in [1.807, 2.05) is 0 Å². The molecule has 0 amide bonds. The van der Waals surface area contributed by atoms with Crippen LogP contribution in [0.15, 0.2) is 24.3 Å². The van der Waals surface area contributed by atoms with Gasteiger partial charge in [0.05, 0.1) is 6.16 Å². The van der Waals surface area contributed by atoms with Gasteiger partial charge in [0.1, 0.15) is 4.99 Å². The van der Waals surface area contributed by atoms with Gasteiger partial charge < -0.3 is 25.3 Å². The zero-order chi connectivity index (χ0) is 15.6. The summed E-state index contributed by atoms with van der Waals surface area (Å²) >= 11 is 0.202. The van der Waals surface area contributed by atoms with Crippen molar-refractivity contribution in [2.75, 3.05) is 11.9 Å². The average molecular weight is 341 g/mol. The highest BCUT2D eigenvalue weighted by Crippen LogP contribution is 2.53. The minimum atomic E-state index is -4.83. The molecule has 112 valence electrons. The Kier molecular flexibility index (Phi) is 5.57. The maximum absolute atomic E-state index is 11.8. The van der Waals surface area contributed by atoms with Crippen LogP contribution in [0.1, 0.15) is 10.4 Å². The lowest BCUT2D eigenvalue weighted by atomic mass is 10.2. The van der Waals surface area contributed by atoms with Crippen molar-refractivity contribution in [3.05, 3.63) is 29.8 Å². The molecule has 8 nitrogen and oxygen atoms in total. The fourth-order valence-electron chi connectivity index (χ4n) is 1.23. The SMILES string of the molecule is Nc1ccc(C(=O)SC(CP(=O)(O)O)P(=O)(O)O)cc1. The van der Waals surface area contributed by atoms with Crippen LogP contribution in [-0.4, -0.2) is 35.8 Å². The van der Waals surface area contributed by atoms with E-state index >= 15 is 0 Å². The summed E-state index contributed by atoms with van der Waals surface area (Å²) in [5.41, 5.74) is 5.98. The predicted molar refractivity (Wildman–Crippen MR) is 75.5 cm³/mol. The molecule has 0 aliphatic carbocycles. The smallest absolute Gasteiger partial charge is 0.339 e. The van der Waals surface area contributed by atoms with Gasteiger partial charge in [-0.1, -0.05) is 11.8 Å². The molecule has 20 heavy (non-hydrogen) atoms. The van der Waals surface area contributed by atoms with Crippen LogP contribution in [0.2, 0.25) is 0 Å². The molecule has 6 N–H and O–H groups in total. The van der Waals surface area contributed by atoms with E-state index in [1.54, 1.807) is 0 Å². The molecule has 0 saturated carbocycles. The first kappa shape index (κ1) is 17.4. The Balaban J connectivity index is 2.90. The van der Waals surface area contributed by atoms with Crippen molar-refractivity contribution in [2.45, 2.75) is 4.99 Å². The van der Waals surface area contributed by atoms with Gasteiger partial charge in [-0.2, -0.15) is 0 Å². The highest BCUT2D eigenvalue weighted by molar-refractivity contribution is 8.18. The lowest BCUT2D eigenvalue weighted by molar-refractivity contribution is 0.108. The fourth-order valence-corrected chi connectivity index (χ4v) is 5.36. The summed E-state index contributed by atoms with van der Waals surface area (Å²) in [7, 11) is -9.49. The molecule has 11 heteroatoms. The first-order chi connectivity index (χ1) is 8.99. The highest BCUT2D eigenvalue weighted by atomic mass is 32.2. The zero-order valence-corrected chi connectivity index (χ0v) is 12.6. The van der Waals surface area contributed by atoms with E-state index < -0.39 is 31.5 Å². The summed E-state index contributed by atoms with van der Waals surface area (Å²) in [6.07, 6.45) is -1.08. The van der Waals surface area contributed by atoms with Gasteiger partial charge in [-0.05, 0) is 24.3 Å². The molecular weight excluding hydrogens is 328 g/mol. The third kappa shape index (κ3) is 5.76. The number of hydrogen-bond donors (Lipinski definition) is 5. The van der Waals surface area contributed by atoms with Gasteiger partial charge >= 0.3 is 15.2 Å². The lowest BCUT2D eigenvalue weighted by Gasteiger charge is -2.17. The summed E-state index contributed by atoms with van der Waals surface area (Å²) in [6, 6.07) is 5.59. The maximum Gasteiger partial charge on any atom is 0.339 e. The molecule has 1 aromatic rings. The third-order valence-corrected chi connectivity index (χ3v) is 6.50. The van der Waals surface area contributed by atoms with Gasteiger partial charge in [-0.15, -0.1) is 0 Å². The Labute approximate surface area is 118 Å². The average Bonchev–Trinajstić information content (AvgIpc) is 2.25. The number of rotatable bonds is 5. The van der Waals surface area contributed by atoms with Gasteiger partial charge in [-0.25, -0.2) is 0 Å². The van der Waals surface area contributed by atoms with Crippen LogP contribution in [0, 0.1) is 0 Å². The highest BCUT2D eigenvalue weighted by Gasteiger charge is 2.37. The van der Waals surface area contributed by atoms with E-state index in [9.17, 15) is 13.9 Å². The van der Waals surface area contributed by atoms with Crippen LogP contribution in [0.25, 0.3) is 0 Å². The van der Waals surface area contributed by atoms with Crippen LogP contribution in [0.3, 0.4) is 0 Å². The Bertz CT molecular complexity index is 578. The van der Waals surface area contributed by atoms with Crippen LogP contribution < -0.4 is 5.73 Å². The Morgan fingerprint density at radius 3 is 2.05 bits per heavy atom. The second-order valence-electron chi connectivity index (χ2n) is 3.92. The minimum Gasteiger partial charge on any atom is -0.399 e. The van der Waals surface area contributed by atoms with Crippen molar-refractivity contribution in [1.82, 2.24) is 0 Å². The second kappa shape index (κ2) is 6.41. The maximum atomic E-state index is 11.8. The minimum absolute atomic E-state index is 0.133. The molecule has 0 aliphatic rings. The molecule has 1 rings (SSSR count). The molecule has 0 bridgehead atoms. The number of anilines is 1. The summed E-state index contributed by atoms with van der Waals surface area (Å²) < 4.78 is 22.0. The number of carbonyl (C=O) groups is 1. The molecule has 1 atom stereocenters. The van der Waals surface area contributed by atoms with Crippen LogP contribution in [-0.2, 0) is 9.13 Å². The first-order valence-electron chi connectivity index (χ1n) is 5.15. The Morgan fingerprint density at radius 2 is 1.65 bits per heavy atom. The van der Waals surface area contributed by atoms with Gasteiger partial charge in [0.15, 0.2) is 0 Å². The van der Waals surface area contributed by atoms with Crippen LogP contribution in [0.4, 0.5) is 5.69 Å². The van der Waals surface area contributed by atoms with Crippen molar-refractivity contribution in [3.8, 4) is 0 Å². The summed E-state index contributed by atoms with van der Waals surface area (Å²) in [4.78, 5) is 45.7. The monoisotopic (exact) mass is 341 g/mol. The molecule has 1 aromatic carbocycles. The van der Waals surface area contributed by atoms with E-state index in [0.29, 0.717) is 5.69 Å².